The Morgan fingerprint density at radius 1 is 0.361 bits per heavy atom. The predicted octanol–water partition coefficient (Wildman–Crippen LogP) is 11.1. The van der Waals surface area contributed by atoms with Crippen molar-refractivity contribution in [2.75, 3.05) is 151 Å². The summed E-state index contributed by atoms with van der Waals surface area (Å²) in [6.45, 7) is 14.4. The zero-order valence-corrected chi connectivity index (χ0v) is 81.4. The highest BCUT2D eigenvalue weighted by molar-refractivity contribution is 7.85. The van der Waals surface area contributed by atoms with E-state index in [4.69, 9.17) is 64.1 Å². The van der Waals surface area contributed by atoms with Gasteiger partial charge < -0.3 is 90.9 Å². The summed E-state index contributed by atoms with van der Waals surface area (Å²) >= 11 is 0. The van der Waals surface area contributed by atoms with Crippen LogP contribution in [-0.2, 0) is 121 Å². The first-order valence-corrected chi connectivity index (χ1v) is 50.8. The molecule has 764 valence electrons. The van der Waals surface area contributed by atoms with E-state index in [1.807, 2.05) is 13.8 Å². The van der Waals surface area contributed by atoms with Gasteiger partial charge in [0.15, 0.2) is 0 Å². The zero-order valence-electron chi connectivity index (χ0n) is 80.6. The van der Waals surface area contributed by atoms with Crippen molar-refractivity contribution in [3.8, 4) is 5.75 Å². The number of aliphatic carboxylic acids is 1. The lowest BCUT2D eigenvalue weighted by Crippen LogP contribution is -2.41. The molecule has 0 spiro atoms. The monoisotopic (exact) mass is 1910 g/mol. The van der Waals surface area contributed by atoms with Crippen molar-refractivity contribution in [1.82, 2.24) is 26.6 Å². The molecule has 0 aliphatic carbocycles. The number of unbranched alkanes of at least 4 members (excludes halogenated alkanes) is 17. The molecule has 1 rings (SSSR count). The number of primary amides is 1. The first-order chi connectivity index (χ1) is 64.0. The van der Waals surface area contributed by atoms with Crippen LogP contribution in [0.5, 0.6) is 5.75 Å². The summed E-state index contributed by atoms with van der Waals surface area (Å²) in [7, 11) is -3.86. The number of hydrogen-bond acceptors (Lipinski definition) is 26. The number of ketones is 6. The van der Waals surface area contributed by atoms with Crippen molar-refractivity contribution in [2.45, 2.75) is 316 Å². The Hall–Kier alpha value is -7.65. The zero-order chi connectivity index (χ0) is 98.0. The lowest BCUT2D eigenvalue weighted by molar-refractivity contribution is -0.142. The Kier molecular flexibility index (Phi) is 77.6. The second kappa shape index (κ2) is 83.7. The second-order valence-electron chi connectivity index (χ2n) is 34.8. The molecule has 35 nitrogen and oxygen atoms in total. The fourth-order valence-electron chi connectivity index (χ4n) is 14.6. The Morgan fingerprint density at radius 2 is 0.714 bits per heavy atom. The number of phenols is 1. The first kappa shape index (κ1) is 123. The molecule has 1 unspecified atom stereocenters. The van der Waals surface area contributed by atoms with Gasteiger partial charge in [0.25, 0.3) is 10.1 Å². The molecule has 0 aliphatic rings. The number of aromatic hydroxyl groups is 1. The number of amidine groups is 1. The maximum absolute atomic E-state index is 14.4. The molecule has 0 aliphatic heterocycles. The van der Waals surface area contributed by atoms with E-state index < -0.39 is 51.7 Å². The number of rotatable bonds is 98. The number of benzene rings is 1. The van der Waals surface area contributed by atoms with Gasteiger partial charge in [0, 0.05) is 186 Å². The number of nitrogens with one attached hydrogen (secondary N) is 6. The van der Waals surface area contributed by atoms with Crippen LogP contribution < -0.4 is 38.1 Å². The molecule has 0 saturated carbocycles. The number of nitrogens with two attached hydrogens (primary N) is 2. The lowest BCUT2D eigenvalue weighted by Gasteiger charge is -2.27. The van der Waals surface area contributed by atoms with Crippen molar-refractivity contribution in [1.29, 1.82) is 5.41 Å². The topological polar surface area (TPSA) is 536 Å². The molecule has 0 radical (unpaired) electrons. The second-order valence-corrected chi connectivity index (χ2v) is 36.4. The van der Waals surface area contributed by atoms with E-state index in [0.29, 0.717) is 292 Å². The van der Waals surface area contributed by atoms with Crippen LogP contribution >= 0.6 is 0 Å². The minimum Gasteiger partial charge on any atom is -0.508 e. The Balaban J connectivity index is 1.96. The number of ether oxygens (including phenoxy) is 9. The van der Waals surface area contributed by atoms with Crippen LogP contribution in [0.25, 0.3) is 0 Å². The molecule has 5 atom stereocenters. The smallest absolute Gasteiger partial charge is 0.326 e. The normalized spacial score (nSPS) is 12.6. The third-order valence-corrected chi connectivity index (χ3v) is 23.1. The molecular formula is C97H168N8O27S. The van der Waals surface area contributed by atoms with Gasteiger partial charge >= 0.3 is 5.97 Å². The quantitative estimate of drug-likeness (QED) is 0.0125. The fourth-order valence-corrected chi connectivity index (χ4v) is 15.2. The van der Waals surface area contributed by atoms with E-state index in [2.05, 4.69) is 26.6 Å². The summed E-state index contributed by atoms with van der Waals surface area (Å²) in [6, 6.07) is 5.15. The van der Waals surface area contributed by atoms with Gasteiger partial charge in [-0.05, 0) is 133 Å². The van der Waals surface area contributed by atoms with Crippen LogP contribution in [0.3, 0.4) is 0 Å². The molecule has 0 bridgehead atoms. The van der Waals surface area contributed by atoms with Gasteiger partial charge in [0.05, 0.1) is 90.9 Å². The van der Waals surface area contributed by atoms with Crippen LogP contribution in [0.15, 0.2) is 24.3 Å². The number of carbonyl (C=O) groups is 13. The molecule has 1 aromatic carbocycles. The molecule has 0 aromatic heterocycles. The van der Waals surface area contributed by atoms with Crippen molar-refractivity contribution < 1.29 is 128 Å². The fraction of sp³-hybridized carbons (Fsp3) is 0.794. The summed E-state index contributed by atoms with van der Waals surface area (Å²) in [5, 5.41) is 40.8. The Morgan fingerprint density at radius 3 is 1.10 bits per heavy atom. The Bertz CT molecular complexity index is 3470. The highest BCUT2D eigenvalue weighted by Gasteiger charge is 2.36. The van der Waals surface area contributed by atoms with Crippen molar-refractivity contribution in [3.63, 3.8) is 0 Å². The number of carbonyl (C=O) groups excluding carboxylic acids is 12. The van der Waals surface area contributed by atoms with Crippen molar-refractivity contribution in [3.05, 3.63) is 29.8 Å². The molecule has 0 fully saturated rings. The van der Waals surface area contributed by atoms with Gasteiger partial charge in [-0.3, -0.25) is 67.5 Å². The summed E-state index contributed by atoms with van der Waals surface area (Å²) in [5.41, 5.74) is 12.1. The van der Waals surface area contributed by atoms with E-state index >= 15 is 0 Å². The molecule has 13 N–H and O–H groups in total. The average Bonchev–Trinajstić information content (AvgIpc) is 0.837. The van der Waals surface area contributed by atoms with Crippen LogP contribution in [0, 0.1) is 35.0 Å². The number of amides is 6. The molecule has 36 heteroatoms. The molecule has 6 amide bonds. The summed E-state index contributed by atoms with van der Waals surface area (Å²) in [6.07, 6.45) is 23.9. The minimum absolute atomic E-state index is 0.0146. The lowest BCUT2D eigenvalue weighted by atomic mass is 9.75. The largest absolute Gasteiger partial charge is 0.508 e. The van der Waals surface area contributed by atoms with E-state index in [0.717, 1.165) is 70.6 Å². The standard InChI is InChI=1S/C97H168N8O27S/c1-76(2)72-85(110)74-79(95(117)77(3)86(34-16-17-35-89(98)99)88(111)75-80(96(100)118)73-78-37-39-84(109)40-38-78)30-18-22-49-101-90(112)45-41-81(106)31-19-23-53-124-59-65-130-66-60-125-54-24-20-32-82(107)42-46-91(113)102-50-27-56-127-63-69-132-70-64-128-57-28-51-103-92(114)47-43-83(108)33-21-25-55-126-61-67-131-68-62-129-58-29-52-104-93(115)48-44-87(97(119)120)105-94(116)36-15-13-11-9-7-5-4-6-8-10-12-14-26-71-133(121,122)123/h37-40,76-77,79-80,86-87,109H,4-36,41-75H2,1-3H3,(H3,98,99)(H2,100,118)(H,101,112)(H,102,113)(H,103,114)(H,104,115)(H,105,116)(H,119,120)(H,121,122,123)/t77?,79-,80-,86-,87+/m1/s1. The van der Waals surface area contributed by atoms with Crippen LogP contribution in [-0.4, -0.2) is 262 Å². The predicted molar refractivity (Wildman–Crippen MR) is 506 cm³/mol. The molecule has 1 aromatic rings. The third-order valence-electron chi connectivity index (χ3n) is 22.3. The van der Waals surface area contributed by atoms with Gasteiger partial charge in [0.1, 0.15) is 46.5 Å². The van der Waals surface area contributed by atoms with Crippen LogP contribution in [0.1, 0.15) is 309 Å². The molecule has 0 heterocycles. The van der Waals surface area contributed by atoms with Crippen molar-refractivity contribution >= 4 is 92.1 Å². The highest BCUT2D eigenvalue weighted by atomic mass is 32.2. The Labute approximate surface area is 791 Å². The summed E-state index contributed by atoms with van der Waals surface area (Å²) in [4.78, 5) is 165. The van der Waals surface area contributed by atoms with Crippen LogP contribution in [0.4, 0.5) is 0 Å². The number of carboxylic acid groups (broad SMARTS) is 1. The maximum atomic E-state index is 14.4. The maximum Gasteiger partial charge on any atom is 0.326 e. The van der Waals surface area contributed by atoms with Gasteiger partial charge in [-0.15, -0.1) is 0 Å². The number of carboxylic acids is 1. The molecule has 133 heavy (non-hydrogen) atoms. The minimum atomic E-state index is -3.86. The van der Waals surface area contributed by atoms with Gasteiger partial charge in [-0.25, -0.2) is 4.79 Å². The van der Waals surface area contributed by atoms with E-state index in [-0.39, 0.29) is 165 Å². The third kappa shape index (κ3) is 78.1. The SMILES string of the molecule is CC(C)CC(=O)C[C@@H](CCCCNC(=O)CCC(=O)CCCCOCCOCCOCCCCC(=O)CCC(=O)NCCCOCCOCCOCCCNC(=O)CCC(=O)CCCCOCCOCCOCCCNC(=O)CC[C@H](NC(=O)CCCCCCCCCCCCCCCS(=O)(=O)O)C(=O)O)C(=O)C(C)[C@@H](CCCCC(=N)N)C(=O)C[C@@H](Cc1ccc(O)cc1)C(N)=O. The van der Waals surface area contributed by atoms with E-state index in [9.17, 15) is 81.0 Å². The molecule has 0 saturated heterocycles. The van der Waals surface area contributed by atoms with Crippen molar-refractivity contribution in [2.24, 2.45) is 41.1 Å². The summed E-state index contributed by atoms with van der Waals surface area (Å²) < 4.78 is 80.5. The first-order valence-electron chi connectivity index (χ1n) is 49.2. The highest BCUT2D eigenvalue weighted by Crippen LogP contribution is 2.31. The van der Waals surface area contributed by atoms with Gasteiger partial charge in [-0.2, -0.15) is 8.42 Å². The summed E-state index contributed by atoms with van der Waals surface area (Å²) in [5.74, 6) is -6.67. The number of hydrogen-bond donors (Lipinski definition) is 11. The van der Waals surface area contributed by atoms with Gasteiger partial charge in [-0.1, -0.05) is 116 Å². The van der Waals surface area contributed by atoms with E-state index in [1.54, 1.807) is 19.1 Å². The number of phenolic OH excluding ortho intramolecular Hbond substituents is 1. The van der Waals surface area contributed by atoms with E-state index in [1.165, 1.54) is 12.1 Å². The van der Waals surface area contributed by atoms with Crippen LogP contribution in [0.2, 0.25) is 0 Å². The average molecular weight is 1910 g/mol. The van der Waals surface area contributed by atoms with Gasteiger partial charge in [0.2, 0.25) is 35.4 Å². The number of Topliss-reactive ketones (excluding diaryl/α,β-unsaturated/α-hetero) is 6. The molecular weight excluding hydrogens is 1740 g/mol.